The number of benzene rings is 12. The first-order valence-corrected chi connectivity index (χ1v) is 30.1. The van der Waals surface area contributed by atoms with Crippen LogP contribution in [0.1, 0.15) is 33.9 Å². The van der Waals surface area contributed by atoms with E-state index in [4.69, 9.17) is 9.97 Å². The number of fused-ring (bicyclic) bond motifs is 12. The largest absolute Gasteiger partial charge is 2.00 e. The number of H-pyrrole nitrogens is 2. The molecule has 0 saturated heterocycles. The molecule has 0 atom stereocenters. The van der Waals surface area contributed by atoms with Gasteiger partial charge in [0, 0.05) is 55.6 Å². The molecule has 15 aromatic rings. The molecule has 0 aliphatic carbocycles. The Morgan fingerprint density at radius 1 is 0.236 bits per heavy atom. The number of nitrogens with one attached hydrogen (secondary N) is 2. The minimum absolute atomic E-state index is 0. The number of nitrogens with zero attached hydrogens (tertiary/aromatic N) is 2. The molecule has 418 valence electrons. The van der Waals surface area contributed by atoms with Crippen LogP contribution in [-0.4, -0.2) is 19.9 Å². The van der Waals surface area contributed by atoms with Gasteiger partial charge in [-0.25, -0.2) is 9.97 Å². The third-order valence-corrected chi connectivity index (χ3v) is 17.7. The Balaban J connectivity index is 0.00000636. The summed E-state index contributed by atoms with van der Waals surface area (Å²) in [6.07, 6.45) is 4.31. The molecule has 89 heavy (non-hydrogen) atoms. The third kappa shape index (κ3) is 9.11. The van der Waals surface area contributed by atoms with Gasteiger partial charge in [0.1, 0.15) is 0 Å². The van der Waals surface area contributed by atoms with E-state index in [1.165, 1.54) is 0 Å². The maximum atomic E-state index is 6.54. The van der Waals surface area contributed by atoms with Gasteiger partial charge in [0.25, 0.3) is 0 Å². The molecular formula is C84H54N4Pt+2. The smallest absolute Gasteiger partial charge is 0.354 e. The van der Waals surface area contributed by atoms with Gasteiger partial charge in [-0.15, -0.1) is 0 Å². The van der Waals surface area contributed by atoms with Gasteiger partial charge in [-0.3, -0.25) is 0 Å². The first-order valence-electron chi connectivity index (χ1n) is 30.1. The average Bonchev–Trinajstić information content (AvgIpc) is 1.69. The molecule has 0 amide bonds. The van der Waals surface area contributed by atoms with Crippen LogP contribution >= 0.6 is 0 Å². The van der Waals surface area contributed by atoms with Gasteiger partial charge in [-0.05, 0) is 112 Å². The monoisotopic (exact) mass is 1310 g/mol. The number of aromatic nitrogens is 4. The fraction of sp³-hybridized carbons (Fsp3) is 0. The van der Waals surface area contributed by atoms with Crippen LogP contribution in [0.15, 0.2) is 303 Å². The molecule has 5 heterocycles. The van der Waals surface area contributed by atoms with Crippen LogP contribution in [0.2, 0.25) is 0 Å². The van der Waals surface area contributed by atoms with E-state index < -0.39 is 0 Å². The van der Waals surface area contributed by atoms with Crippen LogP contribution < -0.4 is 0 Å². The summed E-state index contributed by atoms with van der Waals surface area (Å²) in [6, 6.07) is 110. The summed E-state index contributed by atoms with van der Waals surface area (Å²) in [6.45, 7) is 0. The molecule has 12 aromatic carbocycles. The van der Waals surface area contributed by atoms with Crippen molar-refractivity contribution in [2.45, 2.75) is 0 Å². The van der Waals surface area contributed by atoms with Crippen molar-refractivity contribution in [1.82, 2.24) is 19.9 Å². The first-order chi connectivity index (χ1) is 43.7. The Kier molecular flexibility index (Phi) is 13.4. The van der Waals surface area contributed by atoms with Gasteiger partial charge in [0.15, 0.2) is 0 Å². The van der Waals surface area contributed by atoms with Gasteiger partial charge >= 0.3 is 21.1 Å². The van der Waals surface area contributed by atoms with Crippen LogP contribution in [0.5, 0.6) is 0 Å². The van der Waals surface area contributed by atoms with Crippen LogP contribution in [-0.2, 0) is 21.1 Å². The molecule has 2 aliphatic heterocycles. The summed E-state index contributed by atoms with van der Waals surface area (Å²) in [5, 5.41) is 9.11. The minimum atomic E-state index is 0. The molecule has 0 spiro atoms. The topological polar surface area (TPSA) is 57.4 Å². The summed E-state index contributed by atoms with van der Waals surface area (Å²) >= 11 is 0. The SMILES string of the molecule is C1=Cc2cc3[nH]c(c(-c4cccc5ccccc45)c4nc(c(-c5ccccc5)c5[nH]c(cc1n2)c(-c1ccccc1)c5-c1ccccc1)C(c1ccccc1)=C4c1cccc2ccccc12)c(-c1cccc2ccccc12)c3-c1cccc2ccccc12.[Pt+2]. The van der Waals surface area contributed by atoms with E-state index in [0.29, 0.717) is 0 Å². The van der Waals surface area contributed by atoms with E-state index in [9.17, 15) is 0 Å². The zero-order valence-electron chi connectivity index (χ0n) is 48.2. The molecule has 0 fully saturated rings. The Labute approximate surface area is 529 Å². The summed E-state index contributed by atoms with van der Waals surface area (Å²) in [5.41, 5.74) is 23.9. The Bertz CT molecular complexity index is 5520. The van der Waals surface area contributed by atoms with Crippen LogP contribution in [0.25, 0.3) is 155 Å². The second-order valence-electron chi connectivity index (χ2n) is 22.8. The van der Waals surface area contributed by atoms with E-state index in [0.717, 1.165) is 177 Å². The van der Waals surface area contributed by atoms with Gasteiger partial charge in [-0.2, -0.15) is 0 Å². The molecule has 3 aromatic heterocycles. The quantitative estimate of drug-likeness (QED) is 0.159. The van der Waals surface area contributed by atoms with E-state index >= 15 is 0 Å². The van der Waals surface area contributed by atoms with Crippen molar-refractivity contribution in [3.8, 4) is 66.8 Å². The number of aromatic amines is 2. The van der Waals surface area contributed by atoms with E-state index in [1.54, 1.807) is 0 Å². The van der Waals surface area contributed by atoms with Gasteiger partial charge in [-0.1, -0.05) is 291 Å². The van der Waals surface area contributed by atoms with E-state index in [-0.39, 0.29) is 21.1 Å². The number of hydrogen-bond acceptors (Lipinski definition) is 2. The second kappa shape index (κ2) is 22.4. The summed E-state index contributed by atoms with van der Waals surface area (Å²) < 4.78 is 0. The minimum Gasteiger partial charge on any atom is -0.354 e. The van der Waals surface area contributed by atoms with Crippen molar-refractivity contribution in [3.05, 3.63) is 337 Å². The molecule has 0 saturated carbocycles. The van der Waals surface area contributed by atoms with Crippen molar-refractivity contribution in [2.24, 2.45) is 0 Å². The van der Waals surface area contributed by atoms with Gasteiger partial charge < -0.3 is 9.97 Å². The Morgan fingerprint density at radius 3 is 1.06 bits per heavy atom. The predicted octanol–water partition coefficient (Wildman–Crippen LogP) is 22.1. The van der Waals surface area contributed by atoms with E-state index in [2.05, 4.69) is 325 Å². The fourth-order valence-corrected chi connectivity index (χ4v) is 14.0. The normalized spacial score (nSPS) is 12.1. The summed E-state index contributed by atoms with van der Waals surface area (Å²) in [7, 11) is 0. The van der Waals surface area contributed by atoms with Crippen molar-refractivity contribution < 1.29 is 21.1 Å². The molecule has 2 aliphatic rings. The standard InChI is InChI=1S/C84H54N4.Pt/c1-5-29-57(30-6-1)73-71-51-61-49-50-62(85-61)52-72-77(67-45-21-37-53-25-13-17-41-63(53)67)79(69-47-23-39-55-27-15-19-43-65(55)69)83(87-72)80(70-48-24-40-56-28-16-20-44-66(56)70)84-78(68-46-22-38-54-26-14-18-42-64(54)68)75(59-33-9-3-10-34-59)82(88-84)76(60-35-11-4-12-36-60)81(86-71)74(73)58-31-7-2-8-32-58;/h1-52,86-87H;/q;+2. The van der Waals surface area contributed by atoms with Crippen LogP contribution in [0.3, 0.4) is 0 Å². The molecule has 0 unspecified atom stereocenters. The van der Waals surface area contributed by atoms with Crippen molar-refractivity contribution in [3.63, 3.8) is 0 Å². The fourth-order valence-electron chi connectivity index (χ4n) is 14.0. The van der Waals surface area contributed by atoms with Crippen molar-refractivity contribution in [1.29, 1.82) is 0 Å². The maximum absolute atomic E-state index is 6.54. The third-order valence-electron chi connectivity index (χ3n) is 17.7. The van der Waals surface area contributed by atoms with Crippen LogP contribution in [0.4, 0.5) is 0 Å². The summed E-state index contributed by atoms with van der Waals surface area (Å²) in [5.74, 6) is 0. The molecule has 4 nitrogen and oxygen atoms in total. The second-order valence-corrected chi connectivity index (χ2v) is 22.8. The van der Waals surface area contributed by atoms with Crippen LogP contribution in [0, 0.1) is 0 Å². The molecule has 5 heteroatoms. The van der Waals surface area contributed by atoms with E-state index in [1.807, 2.05) is 0 Å². The predicted molar refractivity (Wildman–Crippen MR) is 370 cm³/mol. The van der Waals surface area contributed by atoms with Gasteiger partial charge in [0.05, 0.1) is 33.8 Å². The number of rotatable bonds is 8. The molecule has 2 N–H and O–H groups in total. The molecular weight excluding hydrogens is 1260 g/mol. The van der Waals surface area contributed by atoms with Crippen molar-refractivity contribution in [2.75, 3.05) is 0 Å². The Morgan fingerprint density at radius 2 is 0.573 bits per heavy atom. The zero-order valence-corrected chi connectivity index (χ0v) is 50.5. The van der Waals surface area contributed by atoms with Crippen molar-refractivity contribution >= 4 is 88.5 Å². The maximum Gasteiger partial charge on any atom is 2.00 e. The Hall–Kier alpha value is -11.0. The average molecular weight is 1310 g/mol. The molecule has 0 radical (unpaired) electrons. The van der Waals surface area contributed by atoms with Gasteiger partial charge in [0.2, 0.25) is 0 Å². The zero-order chi connectivity index (χ0) is 58.1. The molecule has 8 bridgehead atoms. The first kappa shape index (κ1) is 53.4. The number of hydrogen-bond donors (Lipinski definition) is 2. The molecule has 17 rings (SSSR count). The summed E-state index contributed by atoms with van der Waals surface area (Å²) in [4.78, 5) is 20.7.